The topological polar surface area (TPSA) is 76.4 Å². The van der Waals surface area contributed by atoms with Gasteiger partial charge in [-0.3, -0.25) is 9.98 Å². The summed E-state index contributed by atoms with van der Waals surface area (Å²) in [6.07, 6.45) is 6.45. The molecule has 0 aliphatic carbocycles. The number of aromatic nitrogens is 3. The van der Waals surface area contributed by atoms with Gasteiger partial charge in [-0.25, -0.2) is 4.68 Å². The number of ether oxygens (including phenoxy) is 1. The van der Waals surface area contributed by atoms with Crippen LogP contribution in [0.3, 0.4) is 0 Å². The van der Waals surface area contributed by atoms with E-state index in [-0.39, 0.29) is 0 Å². The quantitative estimate of drug-likeness (QED) is 0.478. The number of nitrogens with zero attached hydrogens (tertiary/aromatic N) is 4. The van der Waals surface area contributed by atoms with Gasteiger partial charge in [0.25, 0.3) is 0 Å². The molecule has 2 N–H and O–H groups in total. The SMILES string of the molecule is CN=C(NCCc1ccc(-n2cccn2)cc1)NCc1ncc(C)c(OC)c1C. The fourth-order valence-corrected chi connectivity index (χ4v) is 3.20. The molecular formula is C22H28N6O. The molecule has 3 rings (SSSR count). The van der Waals surface area contributed by atoms with Crippen LogP contribution in [0.4, 0.5) is 0 Å². The highest BCUT2D eigenvalue weighted by Gasteiger charge is 2.10. The summed E-state index contributed by atoms with van der Waals surface area (Å²) in [6.45, 7) is 5.39. The Labute approximate surface area is 171 Å². The number of pyridine rings is 1. The number of aliphatic imine (C=N–C) groups is 1. The Morgan fingerprint density at radius 3 is 2.62 bits per heavy atom. The average molecular weight is 393 g/mol. The van der Waals surface area contributed by atoms with Crippen LogP contribution in [0.15, 0.2) is 53.9 Å². The lowest BCUT2D eigenvalue weighted by atomic mass is 10.1. The molecule has 7 nitrogen and oxygen atoms in total. The van der Waals surface area contributed by atoms with Gasteiger partial charge in [-0.05, 0) is 44.0 Å². The second-order valence-corrected chi connectivity index (χ2v) is 6.77. The van der Waals surface area contributed by atoms with Crippen LogP contribution in [0.5, 0.6) is 5.75 Å². The Kier molecular flexibility index (Phi) is 6.84. The maximum absolute atomic E-state index is 5.48. The molecule has 2 aromatic heterocycles. The highest BCUT2D eigenvalue weighted by molar-refractivity contribution is 5.79. The van der Waals surface area contributed by atoms with Crippen LogP contribution in [-0.2, 0) is 13.0 Å². The van der Waals surface area contributed by atoms with E-state index in [1.807, 2.05) is 37.0 Å². The molecular weight excluding hydrogens is 364 g/mol. The molecule has 0 amide bonds. The largest absolute Gasteiger partial charge is 0.496 e. The first kappa shape index (κ1) is 20.4. The van der Waals surface area contributed by atoms with Crippen LogP contribution < -0.4 is 15.4 Å². The summed E-state index contributed by atoms with van der Waals surface area (Å²) >= 11 is 0. The first-order chi connectivity index (χ1) is 14.1. The zero-order valence-electron chi connectivity index (χ0n) is 17.4. The van der Waals surface area contributed by atoms with Crippen LogP contribution in [-0.4, -0.2) is 41.4 Å². The standard InChI is InChI=1S/C22H28N6O/c1-16-14-25-20(17(2)21(16)29-4)15-26-22(23-3)24-12-10-18-6-8-19(9-7-18)28-13-5-11-27-28/h5-9,11,13-14H,10,12,15H2,1-4H3,(H2,23,24,26). The van der Waals surface area contributed by atoms with Gasteiger partial charge in [-0.2, -0.15) is 5.10 Å². The van der Waals surface area contributed by atoms with Crippen LogP contribution in [0.25, 0.3) is 5.69 Å². The molecule has 3 aromatic rings. The number of guanidine groups is 1. The van der Waals surface area contributed by atoms with Gasteiger partial charge in [0.1, 0.15) is 5.75 Å². The number of aryl methyl sites for hydroxylation is 1. The Morgan fingerprint density at radius 2 is 1.97 bits per heavy atom. The predicted octanol–water partition coefficient (Wildman–Crippen LogP) is 2.80. The van der Waals surface area contributed by atoms with Gasteiger partial charge in [0, 0.05) is 43.3 Å². The monoisotopic (exact) mass is 392 g/mol. The summed E-state index contributed by atoms with van der Waals surface area (Å²) in [4.78, 5) is 8.81. The van der Waals surface area contributed by atoms with E-state index in [9.17, 15) is 0 Å². The lowest BCUT2D eigenvalue weighted by molar-refractivity contribution is 0.406. The fraction of sp³-hybridized carbons (Fsp3) is 0.318. The average Bonchev–Trinajstić information content (AvgIpc) is 3.27. The van der Waals surface area contributed by atoms with Crippen molar-refractivity contribution in [2.45, 2.75) is 26.8 Å². The molecule has 0 saturated carbocycles. The van der Waals surface area contributed by atoms with E-state index in [2.05, 4.69) is 50.0 Å². The fourth-order valence-electron chi connectivity index (χ4n) is 3.20. The second kappa shape index (κ2) is 9.73. The molecule has 29 heavy (non-hydrogen) atoms. The van der Waals surface area contributed by atoms with E-state index in [1.165, 1.54) is 5.56 Å². The number of hydrogen-bond acceptors (Lipinski definition) is 4. The van der Waals surface area contributed by atoms with E-state index >= 15 is 0 Å². The minimum Gasteiger partial charge on any atom is -0.496 e. The molecule has 152 valence electrons. The van der Waals surface area contributed by atoms with E-state index in [1.54, 1.807) is 20.4 Å². The first-order valence-corrected chi connectivity index (χ1v) is 9.65. The zero-order chi connectivity index (χ0) is 20.6. The molecule has 0 aliphatic heterocycles. The number of benzene rings is 1. The van der Waals surface area contributed by atoms with Gasteiger partial charge in [-0.15, -0.1) is 0 Å². The van der Waals surface area contributed by atoms with E-state index in [0.29, 0.717) is 6.54 Å². The number of nitrogens with one attached hydrogen (secondary N) is 2. The van der Waals surface area contributed by atoms with Crippen molar-refractivity contribution >= 4 is 5.96 Å². The van der Waals surface area contributed by atoms with Crippen molar-refractivity contribution in [1.82, 2.24) is 25.4 Å². The van der Waals surface area contributed by atoms with Gasteiger partial charge in [0.2, 0.25) is 0 Å². The van der Waals surface area contributed by atoms with E-state index in [4.69, 9.17) is 4.74 Å². The Bertz CT molecular complexity index is 948. The maximum atomic E-state index is 5.48. The van der Waals surface area contributed by atoms with Gasteiger partial charge in [0.15, 0.2) is 5.96 Å². The zero-order valence-corrected chi connectivity index (χ0v) is 17.4. The molecule has 2 heterocycles. The maximum Gasteiger partial charge on any atom is 0.191 e. The lowest BCUT2D eigenvalue weighted by Crippen LogP contribution is -2.38. The molecule has 0 atom stereocenters. The van der Waals surface area contributed by atoms with Crippen molar-refractivity contribution in [2.24, 2.45) is 4.99 Å². The summed E-state index contributed by atoms with van der Waals surface area (Å²) in [6, 6.07) is 10.3. The summed E-state index contributed by atoms with van der Waals surface area (Å²) in [5.41, 5.74) is 5.34. The number of hydrogen-bond donors (Lipinski definition) is 2. The molecule has 1 aromatic carbocycles. The summed E-state index contributed by atoms with van der Waals surface area (Å²) in [5.74, 6) is 1.64. The van der Waals surface area contributed by atoms with Crippen molar-refractivity contribution in [2.75, 3.05) is 20.7 Å². The van der Waals surface area contributed by atoms with Crippen LogP contribution >= 0.6 is 0 Å². The van der Waals surface area contributed by atoms with Crippen LogP contribution in [0.2, 0.25) is 0 Å². The molecule has 0 unspecified atom stereocenters. The van der Waals surface area contributed by atoms with Crippen LogP contribution in [0, 0.1) is 13.8 Å². The first-order valence-electron chi connectivity index (χ1n) is 9.65. The minimum absolute atomic E-state index is 0.584. The van der Waals surface area contributed by atoms with Gasteiger partial charge in [-0.1, -0.05) is 12.1 Å². The normalized spacial score (nSPS) is 11.4. The van der Waals surface area contributed by atoms with Crippen molar-refractivity contribution in [3.8, 4) is 11.4 Å². The van der Waals surface area contributed by atoms with Crippen molar-refractivity contribution < 1.29 is 4.74 Å². The molecule has 0 radical (unpaired) electrons. The Balaban J connectivity index is 1.50. The van der Waals surface area contributed by atoms with Crippen LogP contribution in [0.1, 0.15) is 22.4 Å². The third kappa shape index (κ3) is 5.13. The van der Waals surface area contributed by atoms with Crippen molar-refractivity contribution in [3.63, 3.8) is 0 Å². The highest BCUT2D eigenvalue weighted by Crippen LogP contribution is 2.23. The third-order valence-electron chi connectivity index (χ3n) is 4.81. The second-order valence-electron chi connectivity index (χ2n) is 6.77. The van der Waals surface area contributed by atoms with E-state index < -0.39 is 0 Å². The Morgan fingerprint density at radius 1 is 1.17 bits per heavy atom. The molecule has 0 bridgehead atoms. The van der Waals surface area contributed by atoms with Gasteiger partial charge in [0.05, 0.1) is 25.0 Å². The number of rotatable bonds is 7. The molecule has 7 heteroatoms. The molecule has 0 spiro atoms. The lowest BCUT2D eigenvalue weighted by Gasteiger charge is -2.15. The summed E-state index contributed by atoms with van der Waals surface area (Å²) in [7, 11) is 3.46. The van der Waals surface area contributed by atoms with Crippen molar-refractivity contribution in [3.05, 3.63) is 71.3 Å². The molecule has 0 aliphatic rings. The summed E-state index contributed by atoms with van der Waals surface area (Å²) in [5, 5.41) is 10.9. The van der Waals surface area contributed by atoms with Crippen molar-refractivity contribution in [1.29, 1.82) is 0 Å². The summed E-state index contributed by atoms with van der Waals surface area (Å²) < 4.78 is 7.33. The van der Waals surface area contributed by atoms with Gasteiger partial charge < -0.3 is 15.4 Å². The minimum atomic E-state index is 0.584. The highest BCUT2D eigenvalue weighted by atomic mass is 16.5. The molecule has 0 saturated heterocycles. The number of methoxy groups -OCH3 is 1. The van der Waals surface area contributed by atoms with Gasteiger partial charge >= 0.3 is 0 Å². The predicted molar refractivity (Wildman–Crippen MR) is 116 cm³/mol. The van der Waals surface area contributed by atoms with E-state index in [0.717, 1.165) is 47.2 Å². The Hall–Kier alpha value is -3.35. The smallest absolute Gasteiger partial charge is 0.191 e. The third-order valence-corrected chi connectivity index (χ3v) is 4.81. The molecule has 0 fully saturated rings.